The van der Waals surface area contributed by atoms with E-state index in [-0.39, 0.29) is 0 Å². The van der Waals surface area contributed by atoms with Gasteiger partial charge in [-0.25, -0.2) is 0 Å². The van der Waals surface area contributed by atoms with E-state index in [2.05, 4.69) is 241 Å². The Kier molecular flexibility index (Phi) is 9.51. The van der Waals surface area contributed by atoms with Crippen molar-refractivity contribution in [3.63, 3.8) is 0 Å². The Morgan fingerprint density at radius 1 is 0.271 bits per heavy atom. The molecule has 0 unspecified atom stereocenters. The van der Waals surface area contributed by atoms with Gasteiger partial charge in [0.25, 0.3) is 0 Å². The highest BCUT2D eigenvalue weighted by atomic mass is 31.2. The largest absolute Gasteiger partial charge is 0.309 e. The Labute approximate surface area is 347 Å². The number of rotatable bonds is 9. The van der Waals surface area contributed by atoms with E-state index in [9.17, 15) is 0 Å². The lowest BCUT2D eigenvalue weighted by molar-refractivity contribution is 1.18. The lowest BCUT2D eigenvalue weighted by Gasteiger charge is -2.26. The smallest absolute Gasteiger partial charge is 0.0541 e. The summed E-state index contributed by atoms with van der Waals surface area (Å²) in [5.41, 5.74) is 8.28. The molecule has 282 valence electrons. The van der Waals surface area contributed by atoms with E-state index in [1.54, 1.807) is 0 Å². The molecule has 0 fully saturated rings. The summed E-state index contributed by atoms with van der Waals surface area (Å²) in [5, 5.41) is 10.1. The van der Waals surface area contributed by atoms with Crippen molar-refractivity contribution in [2.75, 3.05) is 0 Å². The molecule has 0 aliphatic rings. The van der Waals surface area contributed by atoms with Gasteiger partial charge in [-0.1, -0.05) is 213 Å². The highest BCUT2D eigenvalue weighted by Gasteiger charge is 2.24. The zero-order valence-corrected chi connectivity index (χ0v) is 34.6. The van der Waals surface area contributed by atoms with E-state index < -0.39 is 13.8 Å². The Balaban J connectivity index is 1.07. The number of fused-ring (bicyclic) bond motifs is 3. The Hall–Kier alpha value is -6.62. The lowest BCUT2D eigenvalue weighted by Crippen LogP contribution is -2.25. The molecule has 0 saturated carbocycles. The van der Waals surface area contributed by atoms with Gasteiger partial charge in [0.2, 0.25) is 0 Å². The van der Waals surface area contributed by atoms with Crippen molar-refractivity contribution in [1.82, 2.24) is 4.57 Å². The number of benzene rings is 9. The minimum atomic E-state index is -2.07. The summed E-state index contributed by atoms with van der Waals surface area (Å²) in [6.45, 7) is -4.15. The molecule has 0 aliphatic carbocycles. The van der Waals surface area contributed by atoms with Crippen LogP contribution in [0, 0.1) is 0 Å². The van der Waals surface area contributed by atoms with E-state index in [0.717, 1.165) is 5.69 Å². The molecule has 0 spiro atoms. The minimum Gasteiger partial charge on any atom is -0.309 e. The van der Waals surface area contributed by atoms with Crippen LogP contribution in [0.3, 0.4) is 0 Å². The van der Waals surface area contributed by atoms with Gasteiger partial charge in [-0.05, 0) is 104 Å². The van der Waals surface area contributed by atoms with Crippen molar-refractivity contribution in [3.8, 4) is 27.9 Å². The van der Waals surface area contributed by atoms with Crippen molar-refractivity contribution in [2.45, 2.75) is 0 Å². The highest BCUT2D eigenvalue weighted by molar-refractivity contribution is 7.93. The molecule has 1 aromatic heterocycles. The predicted octanol–water partition coefficient (Wildman–Crippen LogP) is 11.6. The molecule has 0 atom stereocenters. The maximum Gasteiger partial charge on any atom is 0.0541 e. The normalized spacial score (nSPS) is 11.9. The molecule has 0 radical (unpaired) electrons. The number of hydrogen-bond acceptors (Lipinski definition) is 0. The van der Waals surface area contributed by atoms with E-state index in [1.165, 1.54) is 75.9 Å². The lowest BCUT2D eigenvalue weighted by atomic mass is 10.0. The second-order valence-electron chi connectivity index (χ2n) is 15.2. The fourth-order valence-corrected chi connectivity index (χ4v) is 14.5. The van der Waals surface area contributed by atoms with Crippen LogP contribution >= 0.6 is 13.8 Å². The van der Waals surface area contributed by atoms with Crippen LogP contribution in [0.4, 0.5) is 0 Å². The Morgan fingerprint density at radius 3 is 0.864 bits per heavy atom. The van der Waals surface area contributed by atoms with Crippen molar-refractivity contribution < 1.29 is 0 Å². The van der Waals surface area contributed by atoms with Crippen LogP contribution < -0.4 is 31.8 Å². The monoisotopic (exact) mass is 791 g/mol. The standard InChI is InChI=1S/C56H43NP2/c1-58(47-20-10-4-11-21-47,48-22-12-5-13-23-48)51-34-28-42(29-35-51)44-32-38-55-53(40-44)54-41-45(33-39-56(54)57(55)46-18-8-3-9-19-46)43-30-36-52(37-31-43)59(2,49-24-14-6-15-25-49)50-26-16-7-17-27-50/h3-41H,1-2H2. The fourth-order valence-electron chi connectivity index (χ4n) is 8.68. The van der Waals surface area contributed by atoms with Gasteiger partial charge in [-0.2, -0.15) is 0 Å². The quantitative estimate of drug-likeness (QED) is 0.128. The SMILES string of the molecule is C=P(c1ccccc1)(c1ccccc1)c1ccc(-c2ccc3c(c2)c2cc(-c4ccc(P(=C)(c5ccccc5)c5ccccc5)cc4)ccc2n3-c2ccccc2)cc1. The molecule has 59 heavy (non-hydrogen) atoms. The van der Waals surface area contributed by atoms with Gasteiger partial charge in [-0.15, -0.1) is 0 Å². The first-order chi connectivity index (χ1) is 29.0. The van der Waals surface area contributed by atoms with E-state index in [1.807, 2.05) is 0 Å². The van der Waals surface area contributed by atoms with Crippen LogP contribution in [-0.4, -0.2) is 17.2 Å². The maximum atomic E-state index is 4.97. The van der Waals surface area contributed by atoms with Crippen molar-refractivity contribution in [1.29, 1.82) is 0 Å². The molecule has 10 aromatic rings. The van der Waals surface area contributed by atoms with Gasteiger partial charge in [0.1, 0.15) is 0 Å². The highest BCUT2D eigenvalue weighted by Crippen LogP contribution is 2.44. The number of aromatic nitrogens is 1. The second-order valence-corrected chi connectivity index (χ2v) is 21.5. The molecule has 1 nitrogen and oxygen atoms in total. The van der Waals surface area contributed by atoms with E-state index in [0.29, 0.717) is 0 Å². The van der Waals surface area contributed by atoms with Gasteiger partial charge < -0.3 is 4.57 Å². The van der Waals surface area contributed by atoms with Gasteiger partial charge in [0.05, 0.1) is 11.0 Å². The van der Waals surface area contributed by atoms with Crippen molar-refractivity contribution in [3.05, 3.63) is 237 Å². The second kappa shape index (κ2) is 15.3. The number of para-hydroxylation sites is 1. The first kappa shape index (κ1) is 36.7. The average Bonchev–Trinajstić information content (AvgIpc) is 3.65. The molecular formula is C56H43NP2. The van der Waals surface area contributed by atoms with E-state index in [4.69, 9.17) is 12.6 Å². The summed E-state index contributed by atoms with van der Waals surface area (Å²) in [7, 11) is 0. The van der Waals surface area contributed by atoms with Crippen LogP contribution in [0.25, 0.3) is 49.7 Å². The molecule has 9 aromatic carbocycles. The molecule has 3 heteroatoms. The zero-order chi connectivity index (χ0) is 39.8. The average molecular weight is 792 g/mol. The van der Waals surface area contributed by atoms with Gasteiger partial charge in [0.15, 0.2) is 0 Å². The topological polar surface area (TPSA) is 4.93 Å². The third-order valence-electron chi connectivity index (χ3n) is 11.9. The number of hydrogen-bond donors (Lipinski definition) is 0. The summed E-state index contributed by atoms with van der Waals surface area (Å²) in [5.74, 6) is 0. The van der Waals surface area contributed by atoms with Gasteiger partial charge in [0, 0.05) is 16.5 Å². The summed E-state index contributed by atoms with van der Waals surface area (Å²) >= 11 is 0. The summed E-state index contributed by atoms with van der Waals surface area (Å²) in [4.78, 5) is 0. The molecule has 0 N–H and O–H groups in total. The van der Waals surface area contributed by atoms with Crippen LogP contribution in [-0.2, 0) is 0 Å². The molecule has 0 aliphatic heterocycles. The first-order valence-corrected chi connectivity index (χ1v) is 24.0. The van der Waals surface area contributed by atoms with Gasteiger partial charge in [-0.3, -0.25) is 0 Å². The van der Waals surface area contributed by atoms with Crippen molar-refractivity contribution >= 4 is 80.0 Å². The van der Waals surface area contributed by atoms with Gasteiger partial charge >= 0.3 is 0 Å². The van der Waals surface area contributed by atoms with Crippen LogP contribution in [0.5, 0.6) is 0 Å². The predicted molar refractivity (Wildman–Crippen MR) is 263 cm³/mol. The first-order valence-electron chi connectivity index (χ1n) is 20.1. The molecule has 0 amide bonds. The summed E-state index contributed by atoms with van der Waals surface area (Å²) in [6, 6.07) is 86.0. The molecule has 0 saturated heterocycles. The molecule has 10 rings (SSSR count). The van der Waals surface area contributed by atoms with Crippen LogP contribution in [0.2, 0.25) is 0 Å². The number of nitrogens with zero attached hydrogens (tertiary/aromatic N) is 1. The zero-order valence-electron chi connectivity index (χ0n) is 32.8. The minimum absolute atomic E-state index is 1.15. The van der Waals surface area contributed by atoms with Crippen molar-refractivity contribution in [2.24, 2.45) is 0 Å². The van der Waals surface area contributed by atoms with Crippen LogP contribution in [0.15, 0.2) is 237 Å². The summed E-state index contributed by atoms with van der Waals surface area (Å²) in [6.07, 6.45) is 9.95. The maximum absolute atomic E-state index is 4.97. The van der Waals surface area contributed by atoms with Crippen LogP contribution in [0.1, 0.15) is 0 Å². The third-order valence-corrected chi connectivity index (χ3v) is 18.9. The summed E-state index contributed by atoms with van der Waals surface area (Å²) < 4.78 is 2.40. The Morgan fingerprint density at radius 2 is 0.542 bits per heavy atom. The Bertz CT molecular complexity index is 2870. The fraction of sp³-hybridized carbons (Fsp3) is 0. The third kappa shape index (κ3) is 6.45. The molecule has 0 bridgehead atoms. The molecular weight excluding hydrogens is 749 g/mol. The molecule has 1 heterocycles. The van der Waals surface area contributed by atoms with E-state index >= 15 is 0 Å².